The molecule has 0 N–H and O–H groups in total. The highest BCUT2D eigenvalue weighted by Crippen LogP contribution is 2.31. The van der Waals surface area contributed by atoms with Gasteiger partial charge in [-0.3, -0.25) is 4.79 Å². The number of fused-ring (bicyclic) bond motifs is 1. The lowest BCUT2D eigenvalue weighted by Crippen LogP contribution is -2.19. The van der Waals surface area contributed by atoms with Crippen LogP contribution < -0.4 is 10.4 Å². The van der Waals surface area contributed by atoms with Crippen LogP contribution in [0, 0.1) is 0 Å². The molecule has 1 atom stereocenters. The molecular formula is C26H20Cl2O5. The Hall–Kier alpha value is -3.28. The fraction of sp³-hybridized carbons (Fsp3) is 0.154. The van der Waals surface area contributed by atoms with Crippen molar-refractivity contribution in [3.8, 4) is 5.75 Å². The number of halogens is 2. The second kappa shape index (κ2) is 10.1. The van der Waals surface area contributed by atoms with Gasteiger partial charge in [0.05, 0.1) is 13.0 Å². The predicted octanol–water partition coefficient (Wildman–Crippen LogP) is 6.18. The standard InChI is InChI=1S/C26H20Cl2O5/c1-31-26(30)23(12-16-2-6-18(27)7-3-16)22-14-25(29)33-24-13-20(10-11-21(22)24)32-15-17-4-8-19(28)9-5-17/h2-11,13-14,23H,12,15H2,1H3/t23-/m1/s1. The molecule has 0 unspecified atom stereocenters. The molecule has 0 aliphatic rings. The van der Waals surface area contributed by atoms with E-state index in [0.717, 1.165) is 11.1 Å². The molecule has 7 heteroatoms. The van der Waals surface area contributed by atoms with E-state index in [1.165, 1.54) is 13.2 Å². The summed E-state index contributed by atoms with van der Waals surface area (Å²) in [6.45, 7) is 0.327. The third kappa shape index (κ3) is 5.56. The fourth-order valence-electron chi connectivity index (χ4n) is 3.61. The first-order valence-corrected chi connectivity index (χ1v) is 11.0. The molecule has 0 aliphatic carbocycles. The largest absolute Gasteiger partial charge is 0.489 e. The number of esters is 1. The van der Waals surface area contributed by atoms with E-state index < -0.39 is 17.5 Å². The molecule has 0 saturated carbocycles. The lowest BCUT2D eigenvalue weighted by Gasteiger charge is -2.17. The molecule has 0 spiro atoms. The highest BCUT2D eigenvalue weighted by Gasteiger charge is 2.25. The molecule has 0 bridgehead atoms. The third-order valence-corrected chi connectivity index (χ3v) is 5.78. The van der Waals surface area contributed by atoms with Crippen LogP contribution in [-0.2, 0) is 22.6 Å². The number of ether oxygens (including phenoxy) is 2. The van der Waals surface area contributed by atoms with E-state index in [4.69, 9.17) is 37.1 Å². The molecule has 1 aromatic heterocycles. The summed E-state index contributed by atoms with van der Waals surface area (Å²) in [4.78, 5) is 25.0. The number of methoxy groups -OCH3 is 1. The van der Waals surface area contributed by atoms with Crippen molar-refractivity contribution < 1.29 is 18.7 Å². The molecule has 0 saturated heterocycles. The van der Waals surface area contributed by atoms with Crippen LogP contribution in [0.4, 0.5) is 0 Å². The SMILES string of the molecule is COC(=O)[C@H](Cc1ccc(Cl)cc1)c1cc(=O)oc2cc(OCc3ccc(Cl)cc3)ccc12. The Morgan fingerprint density at radius 1 is 0.909 bits per heavy atom. The minimum Gasteiger partial charge on any atom is -0.489 e. The summed E-state index contributed by atoms with van der Waals surface area (Å²) < 4.78 is 16.3. The molecule has 5 nitrogen and oxygen atoms in total. The van der Waals surface area contributed by atoms with Crippen molar-refractivity contribution in [2.24, 2.45) is 0 Å². The summed E-state index contributed by atoms with van der Waals surface area (Å²) in [6.07, 6.45) is 0.344. The quantitative estimate of drug-likeness (QED) is 0.232. The lowest BCUT2D eigenvalue weighted by atomic mass is 9.90. The molecule has 168 valence electrons. The van der Waals surface area contributed by atoms with Crippen LogP contribution in [0.15, 0.2) is 82.0 Å². The maximum atomic E-state index is 12.7. The Morgan fingerprint density at radius 2 is 1.55 bits per heavy atom. The normalized spacial score (nSPS) is 11.8. The molecular weight excluding hydrogens is 463 g/mol. The molecule has 0 aliphatic heterocycles. The maximum Gasteiger partial charge on any atom is 0.336 e. The molecule has 33 heavy (non-hydrogen) atoms. The van der Waals surface area contributed by atoms with Crippen molar-refractivity contribution in [1.29, 1.82) is 0 Å². The molecule has 3 aromatic carbocycles. The monoisotopic (exact) mass is 482 g/mol. The predicted molar refractivity (Wildman–Crippen MR) is 128 cm³/mol. The van der Waals surface area contributed by atoms with Crippen molar-refractivity contribution in [3.05, 3.63) is 110 Å². The van der Waals surface area contributed by atoms with Crippen LogP contribution >= 0.6 is 23.2 Å². The third-order valence-electron chi connectivity index (χ3n) is 5.28. The molecule has 0 amide bonds. The summed E-state index contributed by atoms with van der Waals surface area (Å²) in [5.74, 6) is -0.603. The highest BCUT2D eigenvalue weighted by atomic mass is 35.5. The van der Waals surface area contributed by atoms with E-state index >= 15 is 0 Å². The number of benzene rings is 3. The number of hydrogen-bond acceptors (Lipinski definition) is 5. The zero-order valence-electron chi connectivity index (χ0n) is 17.7. The molecule has 4 rings (SSSR count). The Bertz CT molecular complexity index is 1330. The summed E-state index contributed by atoms with van der Waals surface area (Å²) in [7, 11) is 1.33. The molecule has 4 aromatic rings. The van der Waals surface area contributed by atoms with Crippen LogP contribution in [0.2, 0.25) is 10.0 Å². The van der Waals surface area contributed by atoms with Crippen LogP contribution in [0.5, 0.6) is 5.75 Å². The Labute approximate surface area is 200 Å². The molecule has 0 fully saturated rings. The average molecular weight is 483 g/mol. The zero-order valence-corrected chi connectivity index (χ0v) is 19.2. The first-order valence-electron chi connectivity index (χ1n) is 10.2. The lowest BCUT2D eigenvalue weighted by molar-refractivity contribution is -0.142. The summed E-state index contributed by atoms with van der Waals surface area (Å²) in [6, 6.07) is 21.1. The van der Waals surface area contributed by atoms with Gasteiger partial charge in [0, 0.05) is 27.6 Å². The molecule has 1 heterocycles. The van der Waals surface area contributed by atoms with E-state index in [9.17, 15) is 9.59 Å². The Kier molecular flexibility index (Phi) is 7.02. The van der Waals surface area contributed by atoms with Crippen molar-refractivity contribution in [2.45, 2.75) is 18.9 Å². The number of carbonyl (C=O) groups is 1. The van der Waals surface area contributed by atoms with E-state index in [2.05, 4.69) is 0 Å². The number of rotatable bonds is 7. The summed E-state index contributed by atoms with van der Waals surface area (Å²) in [5.41, 5.74) is 2.14. The van der Waals surface area contributed by atoms with Crippen molar-refractivity contribution >= 4 is 40.1 Å². The highest BCUT2D eigenvalue weighted by molar-refractivity contribution is 6.30. The van der Waals surface area contributed by atoms with Gasteiger partial charge in [0.15, 0.2) is 0 Å². The smallest absolute Gasteiger partial charge is 0.336 e. The Morgan fingerprint density at radius 3 is 2.18 bits per heavy atom. The van der Waals surface area contributed by atoms with Crippen LogP contribution in [0.1, 0.15) is 22.6 Å². The first kappa shape index (κ1) is 22.9. The van der Waals surface area contributed by atoms with Crippen molar-refractivity contribution in [3.63, 3.8) is 0 Å². The minimum atomic E-state index is -0.691. The van der Waals surface area contributed by atoms with Gasteiger partial charge in [0.25, 0.3) is 0 Å². The minimum absolute atomic E-state index is 0.327. The van der Waals surface area contributed by atoms with Gasteiger partial charge in [-0.1, -0.05) is 47.5 Å². The van der Waals surface area contributed by atoms with E-state index in [1.807, 2.05) is 24.3 Å². The van der Waals surface area contributed by atoms with Gasteiger partial charge in [-0.05, 0) is 59.5 Å². The van der Waals surface area contributed by atoms with E-state index in [-0.39, 0.29) is 0 Å². The van der Waals surface area contributed by atoms with E-state index in [0.29, 0.717) is 45.4 Å². The number of carbonyl (C=O) groups excluding carboxylic acids is 1. The summed E-state index contributed by atoms with van der Waals surface area (Å²) >= 11 is 11.9. The van der Waals surface area contributed by atoms with Gasteiger partial charge >= 0.3 is 11.6 Å². The van der Waals surface area contributed by atoms with E-state index in [1.54, 1.807) is 42.5 Å². The van der Waals surface area contributed by atoms with Crippen molar-refractivity contribution in [1.82, 2.24) is 0 Å². The van der Waals surface area contributed by atoms with Crippen LogP contribution in [0.25, 0.3) is 11.0 Å². The van der Waals surface area contributed by atoms with Gasteiger partial charge in [-0.25, -0.2) is 4.79 Å². The maximum absolute atomic E-state index is 12.7. The van der Waals surface area contributed by atoms with Gasteiger partial charge < -0.3 is 13.9 Å². The van der Waals surface area contributed by atoms with Crippen molar-refractivity contribution in [2.75, 3.05) is 7.11 Å². The van der Waals surface area contributed by atoms with Gasteiger partial charge in [0.1, 0.15) is 17.9 Å². The fourth-order valence-corrected chi connectivity index (χ4v) is 3.86. The van der Waals surface area contributed by atoms with Crippen LogP contribution in [-0.4, -0.2) is 13.1 Å². The number of hydrogen-bond donors (Lipinski definition) is 0. The Balaban J connectivity index is 1.66. The first-order chi connectivity index (χ1) is 15.9. The molecule has 0 radical (unpaired) electrons. The second-order valence-electron chi connectivity index (χ2n) is 7.50. The van der Waals surface area contributed by atoms with Gasteiger partial charge in [-0.2, -0.15) is 0 Å². The zero-order chi connectivity index (χ0) is 23.4. The van der Waals surface area contributed by atoms with Crippen LogP contribution in [0.3, 0.4) is 0 Å². The summed E-state index contributed by atoms with van der Waals surface area (Å²) in [5, 5.41) is 1.89. The topological polar surface area (TPSA) is 65.7 Å². The van der Waals surface area contributed by atoms with Gasteiger partial charge in [-0.15, -0.1) is 0 Å². The average Bonchev–Trinajstić information content (AvgIpc) is 2.82. The second-order valence-corrected chi connectivity index (χ2v) is 8.37. The van der Waals surface area contributed by atoms with Gasteiger partial charge in [0.2, 0.25) is 0 Å².